The minimum atomic E-state index is -1.21. The Kier molecular flexibility index (Phi) is 7.37. The van der Waals surface area contributed by atoms with Crippen LogP contribution in [0.3, 0.4) is 0 Å². The Labute approximate surface area is 299 Å². The van der Waals surface area contributed by atoms with Gasteiger partial charge in [-0.2, -0.15) is 0 Å². The number of rotatable bonds is 2. The van der Waals surface area contributed by atoms with Crippen LogP contribution in [0.5, 0.6) is 40.2 Å². The number of aryl methyl sites for hydroxylation is 1. The molecule has 1 spiro atoms. The van der Waals surface area contributed by atoms with Gasteiger partial charge in [-0.25, -0.2) is 0 Å². The SMILES string of the molecule is COc1cc2c(cc1O)CCN[C@]21CS[C@@H]2c3c(O)c(C)c4c(c3[C@H](CNC1=O)N1C2C2c3c(cc(C)c(OC)c3O)CC([C@@H]1O)N2C)OCO4. The zero-order valence-corrected chi connectivity index (χ0v) is 29.9. The van der Waals surface area contributed by atoms with Crippen molar-refractivity contribution in [3.8, 4) is 40.2 Å². The molecule has 1 amide bonds. The van der Waals surface area contributed by atoms with Gasteiger partial charge in [-0.15, -0.1) is 11.8 Å². The lowest BCUT2D eigenvalue weighted by Gasteiger charge is -2.62. The van der Waals surface area contributed by atoms with Crippen molar-refractivity contribution in [2.75, 3.05) is 46.9 Å². The van der Waals surface area contributed by atoms with Crippen LogP contribution in [0, 0.1) is 13.8 Å². The number of fused-ring (bicyclic) bond motifs is 9. The lowest BCUT2D eigenvalue weighted by atomic mass is 9.73. The van der Waals surface area contributed by atoms with Gasteiger partial charge in [-0.05, 0) is 68.1 Å². The molecule has 3 aromatic carbocycles. The molecule has 0 aliphatic carbocycles. The molecule has 4 bridgehead atoms. The van der Waals surface area contributed by atoms with Crippen LogP contribution in [-0.4, -0.2) is 101 Å². The molecule has 2 saturated heterocycles. The highest BCUT2D eigenvalue weighted by Crippen LogP contribution is 2.64. The maximum absolute atomic E-state index is 14.7. The van der Waals surface area contributed by atoms with Crippen LogP contribution < -0.4 is 29.6 Å². The van der Waals surface area contributed by atoms with Crippen molar-refractivity contribution in [1.82, 2.24) is 20.4 Å². The number of likely N-dealkylation sites (N-methyl/N-ethyl adjacent to an activating group) is 1. The molecule has 7 aliphatic rings. The first kappa shape index (κ1) is 32.8. The molecule has 10 rings (SSSR count). The van der Waals surface area contributed by atoms with Gasteiger partial charge >= 0.3 is 0 Å². The van der Waals surface area contributed by atoms with Gasteiger partial charge in [0.25, 0.3) is 0 Å². The average molecular weight is 719 g/mol. The highest BCUT2D eigenvalue weighted by molar-refractivity contribution is 7.99. The number of aliphatic hydroxyl groups excluding tert-OH is 1. The van der Waals surface area contributed by atoms with E-state index < -0.39 is 35.1 Å². The van der Waals surface area contributed by atoms with E-state index in [4.69, 9.17) is 18.9 Å². The number of benzene rings is 3. The number of ether oxygens (including phenoxy) is 4. The number of methoxy groups -OCH3 is 2. The molecule has 13 nitrogen and oxygen atoms in total. The summed E-state index contributed by atoms with van der Waals surface area (Å²) in [5.41, 5.74) is 4.76. The largest absolute Gasteiger partial charge is 0.507 e. The van der Waals surface area contributed by atoms with Crippen LogP contribution >= 0.6 is 11.8 Å². The van der Waals surface area contributed by atoms with Gasteiger partial charge in [0.15, 0.2) is 34.5 Å². The van der Waals surface area contributed by atoms with Gasteiger partial charge in [-0.3, -0.25) is 19.9 Å². The lowest BCUT2D eigenvalue weighted by molar-refractivity contribution is -0.173. The summed E-state index contributed by atoms with van der Waals surface area (Å²) in [6.07, 6.45) is 0.131. The summed E-state index contributed by atoms with van der Waals surface area (Å²) in [7, 11) is 5.01. The maximum Gasteiger partial charge on any atom is 0.245 e. The fourth-order valence-electron chi connectivity index (χ4n) is 9.86. The Morgan fingerprint density at radius 1 is 1.00 bits per heavy atom. The van der Waals surface area contributed by atoms with Crippen LogP contribution in [0.25, 0.3) is 0 Å². The fraction of sp³-hybridized carbons (Fsp3) is 0.486. The van der Waals surface area contributed by atoms with Crippen LogP contribution in [0.2, 0.25) is 0 Å². The topological polar surface area (TPSA) is 165 Å². The van der Waals surface area contributed by atoms with Crippen molar-refractivity contribution < 1.29 is 44.2 Å². The van der Waals surface area contributed by atoms with E-state index in [0.717, 1.165) is 27.8 Å². The maximum atomic E-state index is 14.7. The third kappa shape index (κ3) is 4.28. The molecule has 0 aromatic heterocycles. The number of aliphatic hydroxyl groups is 1. The second kappa shape index (κ2) is 11.5. The van der Waals surface area contributed by atoms with Crippen molar-refractivity contribution in [3.05, 3.63) is 62.7 Å². The molecular formula is C37H42N4O9S. The Morgan fingerprint density at radius 3 is 2.55 bits per heavy atom. The van der Waals surface area contributed by atoms with Gasteiger partial charge in [0.05, 0.1) is 37.6 Å². The normalized spacial score (nSPS) is 30.6. The summed E-state index contributed by atoms with van der Waals surface area (Å²) in [5.74, 6) is 1.81. The molecule has 6 N–H and O–H groups in total. The first-order valence-electron chi connectivity index (χ1n) is 17.3. The molecule has 14 heteroatoms. The van der Waals surface area contributed by atoms with E-state index in [9.17, 15) is 25.2 Å². The molecule has 0 saturated carbocycles. The summed E-state index contributed by atoms with van der Waals surface area (Å²) in [5, 5.41) is 53.5. The van der Waals surface area contributed by atoms with Crippen LogP contribution in [0.1, 0.15) is 61.8 Å². The number of phenols is 3. The highest BCUT2D eigenvalue weighted by Gasteiger charge is 2.61. The van der Waals surface area contributed by atoms with Crippen molar-refractivity contribution in [3.63, 3.8) is 0 Å². The first-order chi connectivity index (χ1) is 24.5. The van der Waals surface area contributed by atoms with Gasteiger partial charge < -0.3 is 44.7 Å². The highest BCUT2D eigenvalue weighted by atomic mass is 32.2. The number of hydrogen-bond acceptors (Lipinski definition) is 13. The number of piperazine rings is 1. The second-order valence-corrected chi connectivity index (χ2v) is 15.6. The van der Waals surface area contributed by atoms with Crippen LogP contribution in [-0.2, 0) is 23.2 Å². The number of carbonyl (C=O) groups excluding carboxylic acids is 1. The third-order valence-electron chi connectivity index (χ3n) is 12.2. The summed E-state index contributed by atoms with van der Waals surface area (Å²) in [6.45, 7) is 4.29. The van der Waals surface area contributed by atoms with E-state index in [0.29, 0.717) is 53.3 Å². The molecular weight excluding hydrogens is 676 g/mol. The van der Waals surface area contributed by atoms with Gasteiger partial charge in [0.1, 0.15) is 17.5 Å². The van der Waals surface area contributed by atoms with Crippen molar-refractivity contribution in [1.29, 1.82) is 0 Å². The van der Waals surface area contributed by atoms with Crippen molar-refractivity contribution >= 4 is 17.7 Å². The number of nitrogens with zero attached hydrogens (tertiary/aromatic N) is 2. The van der Waals surface area contributed by atoms with E-state index in [1.165, 1.54) is 18.9 Å². The Morgan fingerprint density at radius 2 is 1.78 bits per heavy atom. The lowest BCUT2D eigenvalue weighted by Crippen LogP contribution is -2.70. The molecule has 0 radical (unpaired) electrons. The zero-order chi connectivity index (χ0) is 35.7. The van der Waals surface area contributed by atoms with Crippen LogP contribution in [0.4, 0.5) is 0 Å². The predicted octanol–water partition coefficient (Wildman–Crippen LogP) is 2.77. The summed E-state index contributed by atoms with van der Waals surface area (Å²) in [6, 6.07) is 3.58. The average Bonchev–Trinajstić information content (AvgIpc) is 3.60. The standard InChI is InChI=1S/C37H42N4O9S/c1-15-8-18-9-20-35(45)41-21-12-38-36(46)37(19-11-23(47-4)22(42)10-17(19)6-7-39-37)13-51-34(26-25(21)33-32(49-14-50-33)16(2)29(26)43)28(41)27(40(20)3)24(18)30(44)31(15)48-5/h8,10-11,20-21,27-28,34-35,39,42-45H,6-7,9,12-14H2,1-5H3,(H,38,46)/t20?,21-,27?,28?,34+,35-,37+/m0/s1. The number of phenolic OH excluding ortho intramolecular Hbond substituents is 3. The molecule has 51 heavy (non-hydrogen) atoms. The smallest absolute Gasteiger partial charge is 0.245 e. The van der Waals surface area contributed by atoms with E-state index in [1.807, 2.05) is 27.0 Å². The second-order valence-electron chi connectivity index (χ2n) is 14.5. The zero-order valence-electron chi connectivity index (χ0n) is 29.1. The molecule has 7 heterocycles. The summed E-state index contributed by atoms with van der Waals surface area (Å²) in [4.78, 5) is 18.9. The number of carbonyl (C=O) groups is 1. The summed E-state index contributed by atoms with van der Waals surface area (Å²) < 4.78 is 23.3. The molecule has 270 valence electrons. The Hall–Kier alpha value is -4.08. The predicted molar refractivity (Wildman–Crippen MR) is 187 cm³/mol. The van der Waals surface area contributed by atoms with Gasteiger partial charge in [0, 0.05) is 47.1 Å². The number of aromatic hydroxyl groups is 3. The fourth-order valence-corrected chi connectivity index (χ4v) is 11.6. The van der Waals surface area contributed by atoms with E-state index in [-0.39, 0.29) is 54.0 Å². The van der Waals surface area contributed by atoms with Crippen LogP contribution in [0.15, 0.2) is 18.2 Å². The monoisotopic (exact) mass is 718 g/mol. The molecule has 3 unspecified atom stereocenters. The number of thioether (sulfide) groups is 1. The van der Waals surface area contributed by atoms with Crippen molar-refractivity contribution in [2.24, 2.45) is 0 Å². The third-order valence-corrected chi connectivity index (χ3v) is 13.6. The van der Waals surface area contributed by atoms with E-state index >= 15 is 0 Å². The number of hydrogen-bond donors (Lipinski definition) is 6. The van der Waals surface area contributed by atoms with E-state index in [2.05, 4.69) is 20.4 Å². The van der Waals surface area contributed by atoms with Gasteiger partial charge in [0.2, 0.25) is 12.7 Å². The number of amides is 1. The minimum Gasteiger partial charge on any atom is -0.507 e. The quantitative estimate of drug-likeness (QED) is 0.230. The molecule has 7 atom stereocenters. The van der Waals surface area contributed by atoms with Gasteiger partial charge in [-0.1, -0.05) is 6.07 Å². The van der Waals surface area contributed by atoms with E-state index in [1.54, 1.807) is 19.2 Å². The molecule has 2 fully saturated rings. The minimum absolute atomic E-state index is 0.0107. The van der Waals surface area contributed by atoms with Crippen molar-refractivity contribution in [2.45, 2.75) is 67.9 Å². The summed E-state index contributed by atoms with van der Waals surface area (Å²) >= 11 is 1.51. The Balaban J connectivity index is 1.29. The Bertz CT molecular complexity index is 2010. The first-order valence-corrected chi connectivity index (χ1v) is 18.3. The number of nitrogens with one attached hydrogen (secondary N) is 2. The molecule has 7 aliphatic heterocycles. The molecule has 3 aromatic rings.